The van der Waals surface area contributed by atoms with Gasteiger partial charge in [-0.3, -0.25) is 10.1 Å². The highest BCUT2D eigenvalue weighted by molar-refractivity contribution is 7.80. The summed E-state index contributed by atoms with van der Waals surface area (Å²) >= 11 is 5.09. The number of likely N-dealkylation sites (tertiary alicyclic amines) is 1. The molecule has 0 aromatic heterocycles. The van der Waals surface area contributed by atoms with Crippen molar-refractivity contribution >= 4 is 29.4 Å². The number of nitrogens with zero attached hydrogens (tertiary/aromatic N) is 1. The molecule has 0 spiro atoms. The Morgan fingerprint density at radius 1 is 1.39 bits per heavy atom. The molecule has 0 saturated carbocycles. The molecule has 1 heterocycles. The van der Waals surface area contributed by atoms with Crippen LogP contribution in [-0.2, 0) is 14.3 Å². The monoisotopic (exact) mass is 274 g/mol. The van der Waals surface area contributed by atoms with E-state index in [4.69, 9.17) is 21.7 Å². The summed E-state index contributed by atoms with van der Waals surface area (Å²) < 4.78 is 9.44. The van der Waals surface area contributed by atoms with Gasteiger partial charge in [0.1, 0.15) is 0 Å². The van der Waals surface area contributed by atoms with Crippen LogP contribution >= 0.6 is 12.2 Å². The fraction of sp³-hybridized carbons (Fsp3) is 0.727. The molecule has 0 bridgehead atoms. The minimum absolute atomic E-state index is 0.0726. The molecule has 1 N–H and O–H groups in total. The number of nitrogens with one attached hydrogen (secondary N) is 1. The van der Waals surface area contributed by atoms with E-state index in [0.717, 1.165) is 0 Å². The first-order valence-corrected chi connectivity index (χ1v) is 6.29. The molecular weight excluding hydrogens is 256 g/mol. The van der Waals surface area contributed by atoms with Crippen LogP contribution in [0.1, 0.15) is 19.8 Å². The lowest BCUT2D eigenvalue weighted by Gasteiger charge is -2.32. The van der Waals surface area contributed by atoms with Crippen molar-refractivity contribution in [2.75, 3.05) is 26.8 Å². The van der Waals surface area contributed by atoms with E-state index in [9.17, 15) is 9.59 Å². The first-order valence-electron chi connectivity index (χ1n) is 5.89. The number of hydrogen-bond acceptors (Lipinski definition) is 5. The van der Waals surface area contributed by atoms with Crippen molar-refractivity contribution in [2.45, 2.75) is 19.8 Å². The molecule has 1 amide bonds. The van der Waals surface area contributed by atoms with Gasteiger partial charge in [0.2, 0.25) is 0 Å². The van der Waals surface area contributed by atoms with Gasteiger partial charge in [-0.15, -0.1) is 0 Å². The van der Waals surface area contributed by atoms with Gasteiger partial charge in [0, 0.05) is 13.1 Å². The van der Waals surface area contributed by atoms with Crippen LogP contribution in [0.25, 0.3) is 0 Å². The maximum atomic E-state index is 11.3. The summed E-state index contributed by atoms with van der Waals surface area (Å²) in [6, 6.07) is 0. The number of amides is 1. The molecule has 1 aliphatic rings. The predicted molar refractivity (Wildman–Crippen MR) is 69.1 cm³/mol. The third-order valence-electron chi connectivity index (χ3n) is 2.80. The van der Waals surface area contributed by atoms with Gasteiger partial charge < -0.3 is 14.4 Å². The van der Waals surface area contributed by atoms with Gasteiger partial charge in [-0.05, 0) is 32.0 Å². The summed E-state index contributed by atoms with van der Waals surface area (Å²) in [5, 5.41) is 2.83. The van der Waals surface area contributed by atoms with E-state index >= 15 is 0 Å². The van der Waals surface area contributed by atoms with E-state index < -0.39 is 6.09 Å². The quantitative estimate of drug-likeness (QED) is 0.596. The number of carbonyl (C=O) groups excluding carboxylic acids is 2. The Morgan fingerprint density at radius 3 is 2.50 bits per heavy atom. The number of ether oxygens (including phenoxy) is 2. The zero-order chi connectivity index (χ0) is 13.5. The summed E-state index contributed by atoms with van der Waals surface area (Å²) in [6.07, 6.45) is 0.812. The molecule has 102 valence electrons. The summed E-state index contributed by atoms with van der Waals surface area (Å²) in [7, 11) is 1.39. The number of piperidine rings is 1. The number of alkyl carbamates (subject to hydrolysis) is 1. The van der Waals surface area contributed by atoms with E-state index in [2.05, 4.69) is 5.32 Å². The number of esters is 1. The fourth-order valence-corrected chi connectivity index (χ4v) is 2.08. The topological polar surface area (TPSA) is 67.9 Å². The van der Waals surface area contributed by atoms with E-state index in [1.807, 2.05) is 4.90 Å². The maximum Gasteiger partial charge on any atom is 0.413 e. The number of methoxy groups -OCH3 is 1. The molecule has 1 rings (SSSR count). The van der Waals surface area contributed by atoms with Gasteiger partial charge in [0.05, 0.1) is 19.6 Å². The third kappa shape index (κ3) is 4.14. The van der Waals surface area contributed by atoms with E-state index in [1.54, 1.807) is 6.92 Å². The highest BCUT2D eigenvalue weighted by atomic mass is 32.1. The van der Waals surface area contributed by atoms with Crippen molar-refractivity contribution in [3.8, 4) is 0 Å². The van der Waals surface area contributed by atoms with Crippen LogP contribution in [0.15, 0.2) is 0 Å². The molecule has 0 aromatic carbocycles. The number of rotatable bonds is 2. The minimum atomic E-state index is -0.544. The summed E-state index contributed by atoms with van der Waals surface area (Å²) in [5.41, 5.74) is 0. The highest BCUT2D eigenvalue weighted by Gasteiger charge is 2.27. The highest BCUT2D eigenvalue weighted by Crippen LogP contribution is 2.18. The maximum absolute atomic E-state index is 11.3. The Bertz CT molecular complexity index is 327. The molecule has 1 aliphatic heterocycles. The summed E-state index contributed by atoms with van der Waals surface area (Å²) in [6.45, 7) is 3.29. The molecule has 0 unspecified atom stereocenters. The molecule has 18 heavy (non-hydrogen) atoms. The molecule has 0 atom stereocenters. The molecule has 7 heteroatoms. The number of thiocarbonyl (C=S) groups is 1. The molecule has 0 aliphatic carbocycles. The van der Waals surface area contributed by atoms with Crippen LogP contribution in [0.3, 0.4) is 0 Å². The van der Waals surface area contributed by atoms with Crippen molar-refractivity contribution < 1.29 is 19.1 Å². The SMILES string of the molecule is CCOC(=O)NC(=S)N1CCC(C(=O)OC)CC1. The zero-order valence-electron chi connectivity index (χ0n) is 10.6. The van der Waals surface area contributed by atoms with E-state index in [1.165, 1.54) is 7.11 Å². The second-order valence-corrected chi connectivity index (χ2v) is 4.32. The first kappa shape index (κ1) is 14.7. The van der Waals surface area contributed by atoms with Gasteiger partial charge in [-0.1, -0.05) is 0 Å². The second-order valence-electron chi connectivity index (χ2n) is 3.94. The van der Waals surface area contributed by atoms with Crippen molar-refractivity contribution in [1.29, 1.82) is 0 Å². The first-order chi connectivity index (χ1) is 8.58. The van der Waals surface area contributed by atoms with E-state index in [0.29, 0.717) is 37.7 Å². The summed E-state index contributed by atoms with van der Waals surface area (Å²) in [5.74, 6) is -0.254. The third-order valence-corrected chi connectivity index (χ3v) is 3.16. The minimum Gasteiger partial charge on any atom is -0.469 e. The van der Waals surface area contributed by atoms with Crippen molar-refractivity contribution in [3.63, 3.8) is 0 Å². The van der Waals surface area contributed by atoms with Crippen LogP contribution in [0.4, 0.5) is 4.79 Å². The average Bonchev–Trinajstić information content (AvgIpc) is 2.38. The summed E-state index contributed by atoms with van der Waals surface area (Å²) in [4.78, 5) is 24.4. The van der Waals surface area contributed by atoms with Crippen molar-refractivity contribution in [2.24, 2.45) is 5.92 Å². The number of carbonyl (C=O) groups is 2. The van der Waals surface area contributed by atoms with Gasteiger partial charge in [0.25, 0.3) is 0 Å². The molecule has 0 aromatic rings. The Kier molecular flexibility index (Phi) is 5.84. The zero-order valence-corrected chi connectivity index (χ0v) is 11.4. The molecule has 6 nitrogen and oxygen atoms in total. The Labute approximate surface area is 112 Å². The standard InChI is InChI=1S/C11H18N2O4S/c1-3-17-11(15)12-10(18)13-6-4-8(5-7-13)9(14)16-2/h8H,3-7H2,1-2H3,(H,12,15,18). The molecule has 1 saturated heterocycles. The number of hydrogen-bond donors (Lipinski definition) is 1. The molecule has 0 radical (unpaired) electrons. The van der Waals surface area contributed by atoms with Crippen LogP contribution in [-0.4, -0.2) is 48.9 Å². The van der Waals surface area contributed by atoms with Gasteiger partial charge in [0.15, 0.2) is 5.11 Å². The van der Waals surface area contributed by atoms with Crippen LogP contribution in [0, 0.1) is 5.92 Å². The van der Waals surface area contributed by atoms with Gasteiger partial charge in [-0.25, -0.2) is 4.79 Å². The fourth-order valence-electron chi connectivity index (χ4n) is 1.82. The lowest BCUT2D eigenvalue weighted by molar-refractivity contribution is -0.146. The second kappa shape index (κ2) is 7.15. The average molecular weight is 274 g/mol. The molecular formula is C11H18N2O4S. The van der Waals surface area contributed by atoms with Gasteiger partial charge >= 0.3 is 12.1 Å². The lowest BCUT2D eigenvalue weighted by atomic mass is 9.97. The normalized spacial score (nSPS) is 16.0. The van der Waals surface area contributed by atoms with E-state index in [-0.39, 0.29) is 11.9 Å². The van der Waals surface area contributed by atoms with Crippen molar-refractivity contribution in [1.82, 2.24) is 10.2 Å². The molecule has 1 fully saturated rings. The largest absolute Gasteiger partial charge is 0.469 e. The smallest absolute Gasteiger partial charge is 0.413 e. The van der Waals surface area contributed by atoms with Gasteiger partial charge in [-0.2, -0.15) is 0 Å². The van der Waals surface area contributed by atoms with Crippen LogP contribution in [0.2, 0.25) is 0 Å². The van der Waals surface area contributed by atoms with Crippen molar-refractivity contribution in [3.05, 3.63) is 0 Å². The van der Waals surface area contributed by atoms with Crippen LogP contribution < -0.4 is 5.32 Å². The van der Waals surface area contributed by atoms with Crippen LogP contribution in [0.5, 0.6) is 0 Å². The predicted octanol–water partition coefficient (Wildman–Crippen LogP) is 0.902. The Balaban J connectivity index is 2.36. The lowest BCUT2D eigenvalue weighted by Crippen LogP contribution is -2.47. The Morgan fingerprint density at radius 2 is 2.00 bits per heavy atom. The Hall–Kier alpha value is -1.37.